The lowest BCUT2D eigenvalue weighted by atomic mass is 10.1. The van der Waals surface area contributed by atoms with Crippen LogP contribution in [0.15, 0.2) is 72.8 Å². The Morgan fingerprint density at radius 1 is 0.920 bits per heavy atom. The van der Waals surface area contributed by atoms with E-state index in [4.69, 9.17) is 0 Å². The normalized spacial score (nSPS) is 13.4. The number of likely N-dealkylation sites (N-methyl/N-ethyl adjacent to an activating group) is 1. The molecule has 0 saturated heterocycles. The molecular formula is C22H25N2O+. The molecule has 0 aliphatic rings. The maximum Gasteiger partial charge on any atom is 0.278 e. The van der Waals surface area contributed by atoms with E-state index >= 15 is 0 Å². The number of hydrogen-bond donors (Lipinski definition) is 2. The first kappa shape index (κ1) is 17.2. The summed E-state index contributed by atoms with van der Waals surface area (Å²) in [6.45, 7) is 3.38. The predicted octanol–water partition coefficient (Wildman–Crippen LogP) is 2.56. The smallest absolute Gasteiger partial charge is 0.278 e. The highest BCUT2D eigenvalue weighted by Crippen LogP contribution is 2.15. The first-order chi connectivity index (χ1) is 12.1. The van der Waals surface area contributed by atoms with Crippen LogP contribution in [0.5, 0.6) is 0 Å². The van der Waals surface area contributed by atoms with E-state index in [0.29, 0.717) is 6.54 Å². The zero-order chi connectivity index (χ0) is 17.6. The summed E-state index contributed by atoms with van der Waals surface area (Å²) in [4.78, 5) is 13.6. The summed E-state index contributed by atoms with van der Waals surface area (Å²) in [6, 6.07) is 24.8. The van der Waals surface area contributed by atoms with Gasteiger partial charge in [0.2, 0.25) is 0 Å². The van der Waals surface area contributed by atoms with Crippen LogP contribution in [0.25, 0.3) is 10.8 Å². The summed E-state index contributed by atoms with van der Waals surface area (Å²) in [5, 5.41) is 5.53. The molecule has 0 aliphatic heterocycles. The van der Waals surface area contributed by atoms with Crippen molar-refractivity contribution in [2.75, 3.05) is 7.05 Å². The van der Waals surface area contributed by atoms with E-state index < -0.39 is 0 Å². The van der Waals surface area contributed by atoms with Crippen molar-refractivity contribution in [3.05, 3.63) is 83.9 Å². The highest BCUT2D eigenvalue weighted by atomic mass is 16.2. The van der Waals surface area contributed by atoms with Gasteiger partial charge in [-0.3, -0.25) is 4.79 Å². The molecule has 3 heteroatoms. The molecule has 128 valence electrons. The van der Waals surface area contributed by atoms with Gasteiger partial charge in [0.15, 0.2) is 6.04 Å². The van der Waals surface area contributed by atoms with Gasteiger partial charge in [0.25, 0.3) is 5.91 Å². The van der Waals surface area contributed by atoms with Crippen LogP contribution in [-0.2, 0) is 17.9 Å². The number of quaternary nitrogens is 1. The van der Waals surface area contributed by atoms with Gasteiger partial charge in [-0.05, 0) is 29.3 Å². The lowest BCUT2D eigenvalue weighted by Crippen LogP contribution is -3.12. The average Bonchev–Trinajstić information content (AvgIpc) is 2.66. The van der Waals surface area contributed by atoms with E-state index in [1.54, 1.807) is 0 Å². The number of benzene rings is 3. The van der Waals surface area contributed by atoms with Crippen molar-refractivity contribution in [3.63, 3.8) is 0 Å². The maximum absolute atomic E-state index is 12.4. The van der Waals surface area contributed by atoms with Crippen molar-refractivity contribution < 1.29 is 9.69 Å². The van der Waals surface area contributed by atoms with Crippen molar-refractivity contribution in [2.45, 2.75) is 26.1 Å². The minimum Gasteiger partial charge on any atom is -0.347 e. The molecule has 0 bridgehead atoms. The molecule has 3 rings (SSSR count). The molecule has 0 aliphatic carbocycles. The van der Waals surface area contributed by atoms with Gasteiger partial charge in [-0.25, -0.2) is 0 Å². The highest BCUT2D eigenvalue weighted by molar-refractivity contribution is 5.83. The number of rotatable bonds is 6. The Morgan fingerprint density at radius 2 is 1.60 bits per heavy atom. The van der Waals surface area contributed by atoms with Crippen LogP contribution in [0, 0.1) is 0 Å². The molecule has 0 aromatic heterocycles. The minimum absolute atomic E-state index is 0.0853. The first-order valence-corrected chi connectivity index (χ1v) is 8.75. The lowest BCUT2D eigenvalue weighted by Gasteiger charge is -2.21. The fourth-order valence-corrected chi connectivity index (χ4v) is 2.99. The Kier molecular flexibility index (Phi) is 5.46. The molecule has 2 atom stereocenters. The summed E-state index contributed by atoms with van der Waals surface area (Å²) < 4.78 is 0. The van der Waals surface area contributed by atoms with Crippen LogP contribution in [0.3, 0.4) is 0 Å². The highest BCUT2D eigenvalue weighted by Gasteiger charge is 2.21. The summed E-state index contributed by atoms with van der Waals surface area (Å²) in [6.07, 6.45) is 0. The number of nitrogens with one attached hydrogen (secondary N) is 2. The number of carbonyl (C=O) groups is 1. The summed E-state index contributed by atoms with van der Waals surface area (Å²) in [7, 11) is 2.07. The molecule has 0 radical (unpaired) electrons. The molecular weight excluding hydrogens is 308 g/mol. The Labute approximate surface area is 149 Å². The molecule has 0 heterocycles. The number of amides is 1. The molecule has 0 saturated carbocycles. The van der Waals surface area contributed by atoms with Gasteiger partial charge >= 0.3 is 0 Å². The van der Waals surface area contributed by atoms with E-state index in [0.717, 1.165) is 12.1 Å². The van der Waals surface area contributed by atoms with E-state index in [2.05, 4.69) is 54.8 Å². The van der Waals surface area contributed by atoms with Gasteiger partial charge in [0.05, 0.1) is 7.05 Å². The lowest BCUT2D eigenvalue weighted by molar-refractivity contribution is -0.908. The predicted molar refractivity (Wildman–Crippen MR) is 102 cm³/mol. The van der Waals surface area contributed by atoms with E-state index in [9.17, 15) is 4.79 Å². The number of fused-ring (bicyclic) bond motifs is 1. The molecule has 2 N–H and O–H groups in total. The van der Waals surface area contributed by atoms with Crippen LogP contribution in [0.2, 0.25) is 0 Å². The van der Waals surface area contributed by atoms with Gasteiger partial charge < -0.3 is 10.2 Å². The maximum atomic E-state index is 12.4. The van der Waals surface area contributed by atoms with Gasteiger partial charge in [0.1, 0.15) is 6.54 Å². The second-order valence-electron chi connectivity index (χ2n) is 6.63. The van der Waals surface area contributed by atoms with Crippen molar-refractivity contribution >= 4 is 16.7 Å². The molecule has 25 heavy (non-hydrogen) atoms. The number of hydrogen-bond acceptors (Lipinski definition) is 1. The van der Waals surface area contributed by atoms with Gasteiger partial charge in [-0.2, -0.15) is 0 Å². The quantitative estimate of drug-likeness (QED) is 0.714. The van der Waals surface area contributed by atoms with E-state index in [-0.39, 0.29) is 11.9 Å². The summed E-state index contributed by atoms with van der Waals surface area (Å²) >= 11 is 0. The standard InChI is InChI=1S/C22H24N2O/c1-17(22(25)23-15-18-8-4-3-5-9-18)24(2)16-19-12-13-20-10-6-7-11-21(20)14-19/h3-14,17H,15-16H2,1-2H3,(H,23,25)/p+1/t17-/m0/s1. The van der Waals surface area contributed by atoms with E-state index in [1.807, 2.05) is 37.3 Å². The van der Waals surface area contributed by atoms with Crippen LogP contribution in [0.1, 0.15) is 18.1 Å². The van der Waals surface area contributed by atoms with Crippen LogP contribution < -0.4 is 10.2 Å². The molecule has 1 unspecified atom stereocenters. The van der Waals surface area contributed by atoms with Crippen LogP contribution in [-0.4, -0.2) is 19.0 Å². The molecule has 0 spiro atoms. The largest absolute Gasteiger partial charge is 0.347 e. The van der Waals surface area contributed by atoms with E-state index in [1.165, 1.54) is 21.2 Å². The zero-order valence-corrected chi connectivity index (χ0v) is 14.8. The molecule has 1 amide bonds. The van der Waals surface area contributed by atoms with Gasteiger partial charge in [-0.15, -0.1) is 0 Å². The second-order valence-corrected chi connectivity index (χ2v) is 6.63. The number of carbonyl (C=O) groups excluding carboxylic acids is 1. The SMILES string of the molecule is C[C@@H](C(=O)NCc1ccccc1)[NH+](C)Cc1ccc2ccccc2c1. The van der Waals surface area contributed by atoms with Crippen molar-refractivity contribution in [1.82, 2.24) is 5.32 Å². The third kappa shape index (κ3) is 4.46. The topological polar surface area (TPSA) is 33.5 Å². The fraction of sp³-hybridized carbons (Fsp3) is 0.227. The third-order valence-electron chi connectivity index (χ3n) is 4.74. The van der Waals surface area contributed by atoms with Crippen molar-refractivity contribution in [3.8, 4) is 0 Å². The van der Waals surface area contributed by atoms with Gasteiger partial charge in [0, 0.05) is 12.1 Å². The van der Waals surface area contributed by atoms with Crippen molar-refractivity contribution in [2.24, 2.45) is 0 Å². The Balaban J connectivity index is 1.59. The Morgan fingerprint density at radius 3 is 2.36 bits per heavy atom. The summed E-state index contributed by atoms with van der Waals surface area (Å²) in [5.74, 6) is 0.0853. The molecule has 0 fully saturated rings. The first-order valence-electron chi connectivity index (χ1n) is 8.75. The monoisotopic (exact) mass is 333 g/mol. The Hall–Kier alpha value is -2.65. The Bertz CT molecular complexity index is 845. The third-order valence-corrected chi connectivity index (χ3v) is 4.74. The van der Waals surface area contributed by atoms with Gasteiger partial charge in [-0.1, -0.05) is 66.7 Å². The molecule has 3 nitrogen and oxygen atoms in total. The minimum atomic E-state index is -0.102. The molecule has 3 aromatic carbocycles. The zero-order valence-electron chi connectivity index (χ0n) is 14.8. The fourth-order valence-electron chi connectivity index (χ4n) is 2.99. The summed E-state index contributed by atoms with van der Waals surface area (Å²) in [5.41, 5.74) is 2.37. The molecule has 3 aromatic rings. The van der Waals surface area contributed by atoms with Crippen LogP contribution >= 0.6 is 0 Å². The second kappa shape index (κ2) is 7.95. The van der Waals surface area contributed by atoms with Crippen molar-refractivity contribution in [1.29, 1.82) is 0 Å². The van der Waals surface area contributed by atoms with Crippen LogP contribution in [0.4, 0.5) is 0 Å². The average molecular weight is 333 g/mol.